The summed E-state index contributed by atoms with van der Waals surface area (Å²) < 4.78 is 4.80. The fraction of sp³-hybridized carbons (Fsp3) is 0.364. The number of hydrogen-bond acceptors (Lipinski definition) is 4. The molecule has 86 valence electrons. The summed E-state index contributed by atoms with van der Waals surface area (Å²) in [5.41, 5.74) is 6.57. The van der Waals surface area contributed by atoms with Gasteiger partial charge in [0.15, 0.2) is 0 Å². The lowest BCUT2D eigenvalue weighted by molar-refractivity contribution is 0.157. The molecule has 5 heteroatoms. The number of carbonyl (C=O) groups excluding carboxylic acids is 1. The van der Waals surface area contributed by atoms with Crippen molar-refractivity contribution in [2.24, 2.45) is 5.73 Å². The Balaban J connectivity index is 2.05. The van der Waals surface area contributed by atoms with Gasteiger partial charge in [0.05, 0.1) is 12.6 Å². The van der Waals surface area contributed by atoms with Crippen molar-refractivity contribution in [1.82, 2.24) is 4.90 Å². The smallest absolute Gasteiger partial charge is 0.410 e. The number of amides is 1. The molecular formula is C11H14N2O3. The van der Waals surface area contributed by atoms with Crippen molar-refractivity contribution in [3.8, 4) is 5.75 Å². The van der Waals surface area contributed by atoms with Crippen molar-refractivity contribution in [1.29, 1.82) is 0 Å². The molecule has 1 aromatic rings. The average molecular weight is 222 g/mol. The highest BCUT2D eigenvalue weighted by Crippen LogP contribution is 2.23. The van der Waals surface area contributed by atoms with E-state index in [0.717, 1.165) is 0 Å². The Bertz CT molecular complexity index is 395. The molecule has 16 heavy (non-hydrogen) atoms. The van der Waals surface area contributed by atoms with E-state index in [-0.39, 0.29) is 11.8 Å². The Kier molecular flexibility index (Phi) is 2.96. The Labute approximate surface area is 93.4 Å². The van der Waals surface area contributed by atoms with Gasteiger partial charge in [0.1, 0.15) is 12.4 Å². The molecule has 0 aromatic heterocycles. The minimum atomic E-state index is -0.396. The number of carbonyl (C=O) groups is 1. The van der Waals surface area contributed by atoms with Gasteiger partial charge >= 0.3 is 6.09 Å². The van der Waals surface area contributed by atoms with E-state index in [4.69, 9.17) is 10.5 Å². The molecular weight excluding hydrogens is 208 g/mol. The van der Waals surface area contributed by atoms with Crippen LogP contribution in [0.25, 0.3) is 0 Å². The third-order valence-electron chi connectivity index (χ3n) is 2.60. The predicted octanol–water partition coefficient (Wildman–Crippen LogP) is 0.844. The average Bonchev–Trinajstić information content (AvgIpc) is 2.65. The van der Waals surface area contributed by atoms with Crippen LogP contribution in [0, 0.1) is 0 Å². The number of rotatable bonds is 3. The lowest BCUT2D eigenvalue weighted by Crippen LogP contribution is -2.32. The maximum atomic E-state index is 11.2. The molecule has 1 amide bonds. The summed E-state index contributed by atoms with van der Waals surface area (Å²) in [5.74, 6) is 0.155. The van der Waals surface area contributed by atoms with Crippen LogP contribution in [0.4, 0.5) is 4.79 Å². The number of hydrogen-bond donors (Lipinski definition) is 2. The zero-order chi connectivity index (χ0) is 11.5. The summed E-state index contributed by atoms with van der Waals surface area (Å²) in [7, 11) is 0. The molecule has 1 atom stereocenters. The van der Waals surface area contributed by atoms with Crippen LogP contribution in [-0.4, -0.2) is 35.8 Å². The van der Waals surface area contributed by atoms with E-state index in [1.165, 1.54) is 4.90 Å². The van der Waals surface area contributed by atoms with Gasteiger partial charge in [-0.25, -0.2) is 4.79 Å². The third-order valence-corrected chi connectivity index (χ3v) is 2.60. The second kappa shape index (κ2) is 4.40. The van der Waals surface area contributed by atoms with Crippen molar-refractivity contribution < 1.29 is 14.6 Å². The summed E-state index contributed by atoms with van der Waals surface area (Å²) in [6.07, 6.45) is -0.342. The number of phenols is 1. The van der Waals surface area contributed by atoms with Gasteiger partial charge in [0.25, 0.3) is 0 Å². The number of para-hydroxylation sites is 1. The highest BCUT2D eigenvalue weighted by atomic mass is 16.6. The van der Waals surface area contributed by atoms with E-state index >= 15 is 0 Å². The summed E-state index contributed by atoms with van der Waals surface area (Å²) >= 11 is 0. The van der Waals surface area contributed by atoms with E-state index in [1.54, 1.807) is 24.3 Å². The number of ether oxygens (including phenoxy) is 1. The minimum Gasteiger partial charge on any atom is -0.508 e. The molecule has 0 bridgehead atoms. The first kappa shape index (κ1) is 10.8. The first-order valence-corrected chi connectivity index (χ1v) is 5.13. The SMILES string of the molecule is NC(CN1CCOC1=O)c1ccccc1O. The lowest BCUT2D eigenvalue weighted by atomic mass is 10.1. The van der Waals surface area contributed by atoms with Gasteiger partial charge in [-0.2, -0.15) is 0 Å². The van der Waals surface area contributed by atoms with E-state index in [1.807, 2.05) is 0 Å². The Morgan fingerprint density at radius 3 is 2.88 bits per heavy atom. The van der Waals surface area contributed by atoms with Gasteiger partial charge < -0.3 is 20.5 Å². The van der Waals surface area contributed by atoms with Gasteiger partial charge in [-0.1, -0.05) is 18.2 Å². The highest BCUT2D eigenvalue weighted by molar-refractivity contribution is 5.69. The molecule has 0 radical (unpaired) electrons. The maximum Gasteiger partial charge on any atom is 0.410 e. The molecule has 1 fully saturated rings. The van der Waals surface area contributed by atoms with Crippen LogP contribution in [0.2, 0.25) is 0 Å². The normalized spacial score (nSPS) is 17.3. The number of benzene rings is 1. The first-order chi connectivity index (χ1) is 7.68. The highest BCUT2D eigenvalue weighted by Gasteiger charge is 2.24. The zero-order valence-electron chi connectivity index (χ0n) is 8.80. The molecule has 3 N–H and O–H groups in total. The monoisotopic (exact) mass is 222 g/mol. The first-order valence-electron chi connectivity index (χ1n) is 5.13. The van der Waals surface area contributed by atoms with E-state index in [0.29, 0.717) is 25.3 Å². The third kappa shape index (κ3) is 2.09. The molecule has 5 nitrogen and oxygen atoms in total. The van der Waals surface area contributed by atoms with E-state index < -0.39 is 6.04 Å². The molecule has 0 saturated carbocycles. The van der Waals surface area contributed by atoms with Crippen molar-refractivity contribution in [2.45, 2.75) is 6.04 Å². The summed E-state index contributed by atoms with van der Waals surface area (Å²) in [4.78, 5) is 12.8. The molecule has 1 unspecified atom stereocenters. The standard InChI is InChI=1S/C11H14N2O3/c12-9(7-13-5-6-16-11(13)15)8-3-1-2-4-10(8)14/h1-4,9,14H,5-7,12H2. The fourth-order valence-electron chi connectivity index (χ4n) is 1.73. The summed E-state index contributed by atoms with van der Waals surface area (Å²) in [6, 6.07) is 6.47. The second-order valence-electron chi connectivity index (χ2n) is 3.73. The number of cyclic esters (lactones) is 1. The van der Waals surface area contributed by atoms with Crippen LogP contribution in [0.1, 0.15) is 11.6 Å². The number of aromatic hydroxyl groups is 1. The van der Waals surface area contributed by atoms with Gasteiger partial charge in [0, 0.05) is 12.1 Å². The Morgan fingerprint density at radius 2 is 2.25 bits per heavy atom. The van der Waals surface area contributed by atoms with Crippen LogP contribution < -0.4 is 5.73 Å². The molecule has 0 spiro atoms. The van der Waals surface area contributed by atoms with Crippen LogP contribution >= 0.6 is 0 Å². The topological polar surface area (TPSA) is 75.8 Å². The van der Waals surface area contributed by atoms with E-state index in [2.05, 4.69) is 0 Å². The summed E-state index contributed by atoms with van der Waals surface area (Å²) in [5, 5.41) is 9.61. The van der Waals surface area contributed by atoms with E-state index in [9.17, 15) is 9.90 Å². The van der Waals surface area contributed by atoms with Crippen LogP contribution in [0.15, 0.2) is 24.3 Å². The van der Waals surface area contributed by atoms with Crippen molar-refractivity contribution in [3.63, 3.8) is 0 Å². The van der Waals surface area contributed by atoms with Crippen molar-refractivity contribution in [3.05, 3.63) is 29.8 Å². The van der Waals surface area contributed by atoms with Crippen LogP contribution in [0.3, 0.4) is 0 Å². The Morgan fingerprint density at radius 1 is 1.50 bits per heavy atom. The molecule has 1 aliphatic rings. The van der Waals surface area contributed by atoms with Gasteiger partial charge in [-0.15, -0.1) is 0 Å². The fourth-order valence-corrected chi connectivity index (χ4v) is 1.73. The molecule has 1 aromatic carbocycles. The molecule has 2 rings (SSSR count). The largest absolute Gasteiger partial charge is 0.508 e. The van der Waals surface area contributed by atoms with Crippen LogP contribution in [-0.2, 0) is 4.74 Å². The molecule has 1 saturated heterocycles. The lowest BCUT2D eigenvalue weighted by Gasteiger charge is -2.19. The minimum absolute atomic E-state index is 0.155. The van der Waals surface area contributed by atoms with Crippen molar-refractivity contribution >= 4 is 6.09 Å². The van der Waals surface area contributed by atoms with Gasteiger partial charge in [0.2, 0.25) is 0 Å². The molecule has 0 aliphatic carbocycles. The van der Waals surface area contributed by atoms with Crippen molar-refractivity contribution in [2.75, 3.05) is 19.7 Å². The van der Waals surface area contributed by atoms with Gasteiger partial charge in [-0.05, 0) is 6.07 Å². The Hall–Kier alpha value is -1.75. The number of nitrogens with zero attached hydrogens (tertiary/aromatic N) is 1. The quantitative estimate of drug-likeness (QED) is 0.794. The van der Waals surface area contributed by atoms with Crippen LogP contribution in [0.5, 0.6) is 5.75 Å². The van der Waals surface area contributed by atoms with Gasteiger partial charge in [-0.3, -0.25) is 0 Å². The molecule has 1 aliphatic heterocycles. The predicted molar refractivity (Wildman–Crippen MR) is 58.0 cm³/mol. The zero-order valence-corrected chi connectivity index (χ0v) is 8.80. The summed E-state index contributed by atoms with van der Waals surface area (Å²) in [6.45, 7) is 1.32. The number of nitrogens with two attached hydrogens (primary N) is 1. The number of phenolic OH excluding ortho intramolecular Hbond substituents is 1. The second-order valence-corrected chi connectivity index (χ2v) is 3.73. The maximum absolute atomic E-state index is 11.2. The molecule has 1 heterocycles.